The SMILES string of the molecule is Cc1ccc(-c2nc(C)c(C(=O)O)o2)c(C)c1. The molecule has 1 N–H and O–H groups in total. The van der Waals surface area contributed by atoms with Gasteiger partial charge in [0.15, 0.2) is 0 Å². The maximum Gasteiger partial charge on any atom is 0.373 e. The number of rotatable bonds is 2. The van der Waals surface area contributed by atoms with Crippen molar-refractivity contribution in [2.75, 3.05) is 0 Å². The average molecular weight is 231 g/mol. The maximum atomic E-state index is 10.9. The van der Waals surface area contributed by atoms with E-state index in [0.29, 0.717) is 11.6 Å². The highest BCUT2D eigenvalue weighted by Gasteiger charge is 2.17. The Morgan fingerprint density at radius 3 is 2.53 bits per heavy atom. The molecule has 17 heavy (non-hydrogen) atoms. The molecule has 0 fully saturated rings. The van der Waals surface area contributed by atoms with Crippen LogP contribution in [0.3, 0.4) is 0 Å². The molecule has 88 valence electrons. The highest BCUT2D eigenvalue weighted by atomic mass is 16.4. The van der Waals surface area contributed by atoms with E-state index in [2.05, 4.69) is 4.98 Å². The Balaban J connectivity index is 2.53. The summed E-state index contributed by atoms with van der Waals surface area (Å²) in [5.74, 6) is -0.830. The number of benzene rings is 1. The standard InChI is InChI=1S/C13H13NO3/c1-7-4-5-10(8(2)6-7)12-14-9(3)11(17-12)13(15)16/h4-6H,1-3H3,(H,15,16). The van der Waals surface area contributed by atoms with Gasteiger partial charge in [-0.15, -0.1) is 0 Å². The van der Waals surface area contributed by atoms with Crippen LogP contribution in [0.1, 0.15) is 27.4 Å². The number of carbonyl (C=O) groups is 1. The van der Waals surface area contributed by atoms with E-state index in [9.17, 15) is 4.79 Å². The fourth-order valence-corrected chi connectivity index (χ4v) is 1.76. The van der Waals surface area contributed by atoms with Crippen LogP contribution in [0.5, 0.6) is 0 Å². The zero-order valence-corrected chi connectivity index (χ0v) is 9.94. The molecule has 0 bridgehead atoms. The van der Waals surface area contributed by atoms with E-state index in [1.54, 1.807) is 6.92 Å². The quantitative estimate of drug-likeness (QED) is 0.863. The third-order valence-electron chi connectivity index (χ3n) is 2.60. The predicted octanol–water partition coefficient (Wildman–Crippen LogP) is 2.97. The highest BCUT2D eigenvalue weighted by Crippen LogP contribution is 2.25. The third-order valence-corrected chi connectivity index (χ3v) is 2.60. The summed E-state index contributed by atoms with van der Waals surface area (Å²) in [5.41, 5.74) is 3.38. The monoisotopic (exact) mass is 231 g/mol. The first kappa shape index (κ1) is 11.4. The van der Waals surface area contributed by atoms with Gasteiger partial charge < -0.3 is 9.52 Å². The fraction of sp³-hybridized carbons (Fsp3) is 0.231. The summed E-state index contributed by atoms with van der Waals surface area (Å²) in [6.45, 7) is 5.57. The first-order chi connectivity index (χ1) is 7.99. The Morgan fingerprint density at radius 2 is 2.00 bits per heavy atom. The summed E-state index contributed by atoms with van der Waals surface area (Å²) in [5, 5.41) is 8.91. The smallest absolute Gasteiger partial charge is 0.373 e. The van der Waals surface area contributed by atoms with E-state index in [4.69, 9.17) is 9.52 Å². The Bertz CT molecular complexity index is 584. The number of carboxylic acid groups (broad SMARTS) is 1. The Labute approximate surface area is 98.9 Å². The number of nitrogens with zero attached hydrogens (tertiary/aromatic N) is 1. The second-order valence-electron chi connectivity index (χ2n) is 4.06. The number of hydrogen-bond donors (Lipinski definition) is 1. The first-order valence-electron chi connectivity index (χ1n) is 5.27. The van der Waals surface area contributed by atoms with Crippen LogP contribution in [-0.2, 0) is 0 Å². The molecule has 1 heterocycles. The van der Waals surface area contributed by atoms with E-state index >= 15 is 0 Å². The highest BCUT2D eigenvalue weighted by molar-refractivity contribution is 5.86. The van der Waals surface area contributed by atoms with Crippen LogP contribution < -0.4 is 0 Å². The van der Waals surface area contributed by atoms with Crippen molar-refractivity contribution in [3.05, 3.63) is 40.8 Å². The van der Waals surface area contributed by atoms with Gasteiger partial charge in [0.1, 0.15) is 0 Å². The summed E-state index contributed by atoms with van der Waals surface area (Å²) in [4.78, 5) is 15.0. The second kappa shape index (κ2) is 4.05. The fourth-order valence-electron chi connectivity index (χ4n) is 1.76. The minimum absolute atomic E-state index is 0.0972. The summed E-state index contributed by atoms with van der Waals surface area (Å²) < 4.78 is 5.27. The Kier molecular flexibility index (Phi) is 2.71. The number of aromatic carboxylic acids is 1. The van der Waals surface area contributed by atoms with Crippen molar-refractivity contribution < 1.29 is 14.3 Å². The van der Waals surface area contributed by atoms with Gasteiger partial charge in [-0.05, 0) is 32.4 Å². The summed E-state index contributed by atoms with van der Waals surface area (Å²) in [6.07, 6.45) is 0. The largest absolute Gasteiger partial charge is 0.475 e. The molecule has 2 rings (SSSR count). The van der Waals surface area contributed by atoms with Gasteiger partial charge in [-0.1, -0.05) is 17.7 Å². The van der Waals surface area contributed by atoms with E-state index in [-0.39, 0.29) is 5.76 Å². The molecule has 0 atom stereocenters. The lowest BCUT2D eigenvalue weighted by Gasteiger charge is -2.02. The van der Waals surface area contributed by atoms with E-state index in [1.807, 2.05) is 32.0 Å². The molecule has 1 aromatic heterocycles. The lowest BCUT2D eigenvalue weighted by molar-refractivity contribution is 0.0662. The zero-order valence-electron chi connectivity index (χ0n) is 9.94. The van der Waals surface area contributed by atoms with Crippen molar-refractivity contribution in [1.82, 2.24) is 4.98 Å². The molecule has 0 saturated heterocycles. The average Bonchev–Trinajstić information content (AvgIpc) is 2.60. The molecule has 0 aliphatic rings. The molecule has 1 aromatic carbocycles. The van der Waals surface area contributed by atoms with Gasteiger partial charge in [-0.2, -0.15) is 0 Å². The lowest BCUT2D eigenvalue weighted by atomic mass is 10.1. The molecular formula is C13H13NO3. The minimum atomic E-state index is -1.09. The molecule has 0 unspecified atom stereocenters. The van der Waals surface area contributed by atoms with Gasteiger partial charge in [0, 0.05) is 5.56 Å². The van der Waals surface area contributed by atoms with Crippen LogP contribution in [0.15, 0.2) is 22.6 Å². The number of hydrogen-bond acceptors (Lipinski definition) is 3. The van der Waals surface area contributed by atoms with Crippen LogP contribution in [0.25, 0.3) is 11.5 Å². The molecule has 4 heteroatoms. The van der Waals surface area contributed by atoms with Crippen LogP contribution in [0.2, 0.25) is 0 Å². The van der Waals surface area contributed by atoms with Crippen molar-refractivity contribution in [2.45, 2.75) is 20.8 Å². The molecule has 0 radical (unpaired) electrons. The van der Waals surface area contributed by atoms with Gasteiger partial charge in [-0.3, -0.25) is 0 Å². The summed E-state index contributed by atoms with van der Waals surface area (Å²) >= 11 is 0. The minimum Gasteiger partial charge on any atom is -0.475 e. The van der Waals surface area contributed by atoms with Crippen LogP contribution >= 0.6 is 0 Å². The van der Waals surface area contributed by atoms with Crippen molar-refractivity contribution in [1.29, 1.82) is 0 Å². The Morgan fingerprint density at radius 1 is 1.29 bits per heavy atom. The van der Waals surface area contributed by atoms with Gasteiger partial charge in [0.25, 0.3) is 0 Å². The van der Waals surface area contributed by atoms with Crippen molar-refractivity contribution >= 4 is 5.97 Å². The van der Waals surface area contributed by atoms with Crippen molar-refractivity contribution in [3.63, 3.8) is 0 Å². The lowest BCUT2D eigenvalue weighted by Crippen LogP contribution is -1.95. The van der Waals surface area contributed by atoms with Crippen molar-refractivity contribution in [2.24, 2.45) is 0 Å². The molecule has 0 spiro atoms. The maximum absolute atomic E-state index is 10.9. The number of carboxylic acids is 1. The van der Waals surface area contributed by atoms with Crippen LogP contribution in [0.4, 0.5) is 0 Å². The van der Waals surface area contributed by atoms with Crippen LogP contribution in [0, 0.1) is 20.8 Å². The Hall–Kier alpha value is -2.10. The number of aromatic nitrogens is 1. The summed E-state index contributed by atoms with van der Waals surface area (Å²) in [7, 11) is 0. The first-order valence-corrected chi connectivity index (χ1v) is 5.27. The number of oxazole rings is 1. The third kappa shape index (κ3) is 2.06. The topological polar surface area (TPSA) is 63.3 Å². The van der Waals surface area contributed by atoms with Crippen LogP contribution in [-0.4, -0.2) is 16.1 Å². The van der Waals surface area contributed by atoms with E-state index in [1.165, 1.54) is 0 Å². The molecule has 0 aliphatic heterocycles. The zero-order chi connectivity index (χ0) is 12.6. The molecule has 0 amide bonds. The molecule has 0 saturated carbocycles. The van der Waals surface area contributed by atoms with Gasteiger partial charge in [0.2, 0.25) is 11.7 Å². The van der Waals surface area contributed by atoms with Crippen molar-refractivity contribution in [3.8, 4) is 11.5 Å². The predicted molar refractivity (Wildman–Crippen MR) is 63.1 cm³/mol. The molecule has 2 aromatic rings. The summed E-state index contributed by atoms with van der Waals surface area (Å²) in [6, 6.07) is 5.85. The molecule has 4 nitrogen and oxygen atoms in total. The molecule has 0 aliphatic carbocycles. The van der Waals surface area contributed by atoms with E-state index in [0.717, 1.165) is 16.7 Å². The van der Waals surface area contributed by atoms with Gasteiger partial charge in [0.05, 0.1) is 5.69 Å². The molecular weight excluding hydrogens is 218 g/mol. The van der Waals surface area contributed by atoms with Gasteiger partial charge in [-0.25, -0.2) is 9.78 Å². The van der Waals surface area contributed by atoms with E-state index < -0.39 is 5.97 Å². The normalized spacial score (nSPS) is 10.5. The number of aryl methyl sites for hydroxylation is 3. The van der Waals surface area contributed by atoms with Gasteiger partial charge >= 0.3 is 5.97 Å². The second-order valence-corrected chi connectivity index (χ2v) is 4.06.